The Kier molecular flexibility index (Phi) is 8.18. The Morgan fingerprint density at radius 2 is 0.969 bits per heavy atom. The fraction of sp³-hybridized carbons (Fsp3) is 0.0500. The van der Waals surface area contributed by atoms with Gasteiger partial charge in [-0.15, -0.1) is 0 Å². The van der Waals surface area contributed by atoms with Gasteiger partial charge in [-0.25, -0.2) is 15.0 Å². The van der Waals surface area contributed by atoms with Crippen LogP contribution in [0, 0.1) is 0 Å². The fourth-order valence-corrected chi connectivity index (χ4v) is 10.4. The number of fused-ring (bicyclic) bond motifs is 9. The second-order valence-corrected chi connectivity index (χ2v) is 17.6. The number of furan rings is 1. The van der Waals surface area contributed by atoms with Crippen LogP contribution in [0.15, 0.2) is 211 Å². The van der Waals surface area contributed by atoms with Crippen molar-refractivity contribution in [1.82, 2.24) is 19.5 Å². The normalized spacial score (nSPS) is 12.9. The molecule has 0 fully saturated rings. The largest absolute Gasteiger partial charge is 0.456 e. The van der Waals surface area contributed by atoms with Gasteiger partial charge >= 0.3 is 0 Å². The van der Waals surface area contributed by atoms with Gasteiger partial charge in [0.25, 0.3) is 0 Å². The number of benzene rings is 9. The van der Waals surface area contributed by atoms with Crippen LogP contribution < -0.4 is 0 Å². The van der Waals surface area contributed by atoms with E-state index < -0.39 is 0 Å². The summed E-state index contributed by atoms with van der Waals surface area (Å²) in [5.74, 6) is 1.85. The predicted molar refractivity (Wildman–Crippen MR) is 266 cm³/mol. The number of nitrogens with zero attached hydrogens (tertiary/aromatic N) is 4. The molecule has 9 aromatic carbocycles. The minimum absolute atomic E-state index is 0.113. The molecule has 13 rings (SSSR count). The van der Waals surface area contributed by atoms with E-state index in [9.17, 15) is 0 Å². The maximum atomic E-state index is 6.55. The third-order valence-electron chi connectivity index (χ3n) is 13.5. The Balaban J connectivity index is 0.994. The highest BCUT2D eigenvalue weighted by atomic mass is 16.3. The molecule has 0 unspecified atom stereocenters. The average Bonchev–Trinajstić information content (AvgIpc) is 3.99. The van der Waals surface area contributed by atoms with Crippen LogP contribution in [0.2, 0.25) is 0 Å². The van der Waals surface area contributed by atoms with Crippen molar-refractivity contribution in [3.05, 3.63) is 217 Å². The Morgan fingerprint density at radius 1 is 0.369 bits per heavy atom. The molecular formula is C60H40N4O. The molecule has 0 spiro atoms. The lowest BCUT2D eigenvalue weighted by molar-refractivity contribution is 0.660. The Labute approximate surface area is 376 Å². The summed E-state index contributed by atoms with van der Waals surface area (Å²) in [7, 11) is 0. The van der Waals surface area contributed by atoms with E-state index >= 15 is 0 Å². The first kappa shape index (κ1) is 37.2. The van der Waals surface area contributed by atoms with E-state index in [-0.39, 0.29) is 5.41 Å². The molecule has 0 radical (unpaired) electrons. The lowest BCUT2D eigenvalue weighted by atomic mass is 9.82. The first-order valence-corrected chi connectivity index (χ1v) is 22.2. The van der Waals surface area contributed by atoms with Crippen LogP contribution in [0.4, 0.5) is 0 Å². The second kappa shape index (κ2) is 14.3. The van der Waals surface area contributed by atoms with Crippen LogP contribution in [-0.2, 0) is 5.41 Å². The molecule has 0 aliphatic heterocycles. The van der Waals surface area contributed by atoms with E-state index in [2.05, 4.69) is 225 Å². The third-order valence-corrected chi connectivity index (χ3v) is 13.5. The van der Waals surface area contributed by atoms with Crippen molar-refractivity contribution in [3.63, 3.8) is 0 Å². The topological polar surface area (TPSA) is 56.7 Å². The summed E-state index contributed by atoms with van der Waals surface area (Å²) in [6.45, 7) is 4.62. The molecule has 5 heteroatoms. The van der Waals surface area contributed by atoms with Gasteiger partial charge in [-0.1, -0.05) is 166 Å². The van der Waals surface area contributed by atoms with Gasteiger partial charge < -0.3 is 8.98 Å². The minimum atomic E-state index is -0.113. The zero-order chi connectivity index (χ0) is 43.2. The molecule has 12 aromatic rings. The first-order chi connectivity index (χ1) is 32.0. The molecule has 0 atom stereocenters. The third kappa shape index (κ3) is 5.82. The Hall–Kier alpha value is -8.41. The summed E-state index contributed by atoms with van der Waals surface area (Å²) in [5, 5.41) is 4.46. The zero-order valence-corrected chi connectivity index (χ0v) is 35.8. The number of para-hydroxylation sites is 2. The molecule has 1 aliphatic rings. The van der Waals surface area contributed by atoms with Crippen molar-refractivity contribution in [2.75, 3.05) is 0 Å². The van der Waals surface area contributed by atoms with E-state index in [1.165, 1.54) is 27.8 Å². The van der Waals surface area contributed by atoms with Crippen molar-refractivity contribution < 1.29 is 4.42 Å². The molecule has 5 nitrogen and oxygen atoms in total. The highest BCUT2D eigenvalue weighted by Gasteiger charge is 2.35. The standard InChI is InChI=1S/C60H40N4O/c1-60(2)49-26-11-9-22-44(49)48-35-41(31-33-50(48)60)58-61-57(62-59(63-58)47-25-14-28-52-55(47)45-23-10-12-27-51(45)64(52)42-20-7-4-8-21-42)40-19-13-18-38(34-40)39-30-32-46-54(36-39)65-53-29-15-24-43(56(46)53)37-16-5-3-6-17-37/h3-36H,1-2H3. The number of aromatic nitrogens is 4. The van der Waals surface area contributed by atoms with Gasteiger partial charge in [0.2, 0.25) is 0 Å². The van der Waals surface area contributed by atoms with E-state index in [0.29, 0.717) is 17.5 Å². The van der Waals surface area contributed by atoms with Crippen LogP contribution in [-0.4, -0.2) is 19.5 Å². The summed E-state index contributed by atoms with van der Waals surface area (Å²) in [4.78, 5) is 16.1. The molecule has 0 saturated heterocycles. The summed E-state index contributed by atoms with van der Waals surface area (Å²) in [6.07, 6.45) is 0. The smallest absolute Gasteiger partial charge is 0.164 e. The molecule has 0 amide bonds. The highest BCUT2D eigenvalue weighted by molar-refractivity contribution is 6.15. The number of hydrogen-bond donors (Lipinski definition) is 0. The van der Waals surface area contributed by atoms with Gasteiger partial charge in [0.05, 0.1) is 11.0 Å². The van der Waals surface area contributed by atoms with Gasteiger partial charge in [-0.3, -0.25) is 0 Å². The van der Waals surface area contributed by atoms with Crippen molar-refractivity contribution in [3.8, 4) is 73.2 Å². The van der Waals surface area contributed by atoms with Gasteiger partial charge in [-0.2, -0.15) is 0 Å². The van der Waals surface area contributed by atoms with E-state index in [4.69, 9.17) is 19.4 Å². The quantitative estimate of drug-likeness (QED) is 0.167. The molecule has 3 aromatic heterocycles. The lowest BCUT2D eigenvalue weighted by Gasteiger charge is -2.21. The van der Waals surface area contributed by atoms with Gasteiger partial charge in [0.15, 0.2) is 17.5 Å². The van der Waals surface area contributed by atoms with E-state index in [1.54, 1.807) is 0 Å². The maximum Gasteiger partial charge on any atom is 0.164 e. The number of rotatable bonds is 6. The summed E-state index contributed by atoms with van der Waals surface area (Å²) < 4.78 is 8.88. The summed E-state index contributed by atoms with van der Waals surface area (Å²) in [6, 6.07) is 72.9. The molecule has 3 heterocycles. The first-order valence-electron chi connectivity index (χ1n) is 22.2. The number of hydrogen-bond acceptors (Lipinski definition) is 4. The van der Waals surface area contributed by atoms with Crippen LogP contribution in [0.3, 0.4) is 0 Å². The monoisotopic (exact) mass is 832 g/mol. The molecule has 1 aliphatic carbocycles. The molecule has 306 valence electrons. The SMILES string of the molecule is CC1(C)c2ccccc2-c2cc(-c3nc(-c4cccc(-c5ccc6c(c5)oc5cccc(-c7ccccc7)c56)c4)nc(-c4cccc5c4c4ccccc4n5-c4ccccc4)n3)ccc21. The molecule has 0 saturated carbocycles. The van der Waals surface area contributed by atoms with Crippen molar-refractivity contribution in [1.29, 1.82) is 0 Å². The molecule has 0 N–H and O–H groups in total. The van der Waals surface area contributed by atoms with Crippen LogP contribution in [0.25, 0.3) is 117 Å². The Bertz CT molecular complexity index is 3860. The second-order valence-electron chi connectivity index (χ2n) is 17.6. The van der Waals surface area contributed by atoms with Gasteiger partial charge in [0, 0.05) is 49.3 Å². The summed E-state index contributed by atoms with van der Waals surface area (Å²) in [5.41, 5.74) is 17.3. The maximum absolute atomic E-state index is 6.55. The van der Waals surface area contributed by atoms with Crippen LogP contribution >= 0.6 is 0 Å². The van der Waals surface area contributed by atoms with Crippen molar-refractivity contribution >= 4 is 43.7 Å². The molecule has 65 heavy (non-hydrogen) atoms. The fourth-order valence-electron chi connectivity index (χ4n) is 10.4. The van der Waals surface area contributed by atoms with E-state index in [1.807, 2.05) is 0 Å². The average molecular weight is 833 g/mol. The summed E-state index contributed by atoms with van der Waals surface area (Å²) >= 11 is 0. The van der Waals surface area contributed by atoms with Crippen LogP contribution in [0.1, 0.15) is 25.0 Å². The van der Waals surface area contributed by atoms with Crippen LogP contribution in [0.5, 0.6) is 0 Å². The predicted octanol–water partition coefficient (Wildman–Crippen LogP) is 15.5. The molecular weight excluding hydrogens is 793 g/mol. The lowest BCUT2D eigenvalue weighted by Crippen LogP contribution is -2.14. The van der Waals surface area contributed by atoms with Crippen molar-refractivity contribution in [2.24, 2.45) is 0 Å². The highest BCUT2D eigenvalue weighted by Crippen LogP contribution is 2.49. The molecule has 0 bridgehead atoms. The van der Waals surface area contributed by atoms with Crippen molar-refractivity contribution in [2.45, 2.75) is 19.3 Å². The minimum Gasteiger partial charge on any atom is -0.456 e. The Morgan fingerprint density at radius 3 is 1.83 bits per heavy atom. The van der Waals surface area contributed by atoms with Gasteiger partial charge in [-0.05, 0) is 99.1 Å². The van der Waals surface area contributed by atoms with Gasteiger partial charge in [0.1, 0.15) is 11.2 Å². The zero-order valence-electron chi connectivity index (χ0n) is 35.8. The van der Waals surface area contributed by atoms with E-state index in [0.717, 1.165) is 82.8 Å².